The lowest BCUT2D eigenvalue weighted by Crippen LogP contribution is -2.08. The monoisotopic (exact) mass is 240 g/mol. The van der Waals surface area contributed by atoms with Crippen molar-refractivity contribution in [2.45, 2.75) is 13.8 Å². The van der Waals surface area contributed by atoms with Crippen molar-refractivity contribution >= 4 is 17.2 Å². The first-order valence-electron chi connectivity index (χ1n) is 5.77. The highest BCUT2D eigenvalue weighted by Crippen LogP contribution is 2.25. The number of anilines is 2. The van der Waals surface area contributed by atoms with Crippen LogP contribution in [0.3, 0.4) is 0 Å². The van der Waals surface area contributed by atoms with Crippen LogP contribution in [0, 0.1) is 13.8 Å². The number of hydrogen-bond donors (Lipinski definition) is 2. The number of nitrogens with two attached hydrogens (primary N) is 2. The smallest absolute Gasteiger partial charge is 0.193 e. The van der Waals surface area contributed by atoms with Gasteiger partial charge < -0.3 is 11.5 Å². The molecule has 0 heterocycles. The second-order valence-electron chi connectivity index (χ2n) is 4.39. The summed E-state index contributed by atoms with van der Waals surface area (Å²) in [5.74, 6) is -0.0164. The predicted octanol–water partition coefficient (Wildman–Crippen LogP) is 2.70. The van der Waals surface area contributed by atoms with Crippen LogP contribution in [0.1, 0.15) is 27.0 Å². The van der Waals surface area contributed by atoms with Crippen molar-refractivity contribution in [2.75, 3.05) is 11.5 Å². The maximum absolute atomic E-state index is 12.5. The Kier molecular flexibility index (Phi) is 3.06. The van der Waals surface area contributed by atoms with Crippen LogP contribution in [0.25, 0.3) is 0 Å². The van der Waals surface area contributed by atoms with Gasteiger partial charge >= 0.3 is 0 Å². The van der Waals surface area contributed by atoms with E-state index in [4.69, 9.17) is 11.5 Å². The molecular weight excluding hydrogens is 224 g/mol. The molecule has 0 aliphatic heterocycles. The van der Waals surface area contributed by atoms with Crippen LogP contribution in [0.15, 0.2) is 36.4 Å². The highest BCUT2D eigenvalue weighted by atomic mass is 16.1. The van der Waals surface area contributed by atoms with Crippen molar-refractivity contribution in [2.24, 2.45) is 0 Å². The van der Waals surface area contributed by atoms with E-state index in [1.807, 2.05) is 38.1 Å². The highest BCUT2D eigenvalue weighted by Gasteiger charge is 2.15. The number of benzene rings is 2. The van der Waals surface area contributed by atoms with Gasteiger partial charge in [0.15, 0.2) is 5.78 Å². The third kappa shape index (κ3) is 1.95. The fraction of sp³-hybridized carbons (Fsp3) is 0.133. The summed E-state index contributed by atoms with van der Waals surface area (Å²) in [5, 5.41) is 0. The van der Waals surface area contributed by atoms with E-state index in [9.17, 15) is 4.79 Å². The molecule has 4 N–H and O–H groups in total. The Balaban J connectivity index is 2.54. The molecule has 18 heavy (non-hydrogen) atoms. The van der Waals surface area contributed by atoms with Crippen LogP contribution in [-0.2, 0) is 0 Å². The van der Waals surface area contributed by atoms with Gasteiger partial charge in [0.05, 0.1) is 11.4 Å². The van der Waals surface area contributed by atoms with Gasteiger partial charge in [-0.05, 0) is 37.1 Å². The lowest BCUT2D eigenvalue weighted by atomic mass is 9.95. The molecular formula is C15H16N2O. The number of rotatable bonds is 2. The van der Waals surface area contributed by atoms with Gasteiger partial charge in [0.2, 0.25) is 0 Å². The molecule has 2 rings (SSSR count). The van der Waals surface area contributed by atoms with Gasteiger partial charge in [0.1, 0.15) is 0 Å². The lowest BCUT2D eigenvalue weighted by molar-refractivity contribution is 0.103. The summed E-state index contributed by atoms with van der Waals surface area (Å²) in [6.07, 6.45) is 0. The van der Waals surface area contributed by atoms with Crippen molar-refractivity contribution in [1.29, 1.82) is 0 Å². The van der Waals surface area contributed by atoms with Crippen LogP contribution < -0.4 is 11.5 Å². The van der Waals surface area contributed by atoms with Gasteiger partial charge in [-0.25, -0.2) is 0 Å². The first-order valence-corrected chi connectivity index (χ1v) is 5.77. The van der Waals surface area contributed by atoms with E-state index < -0.39 is 0 Å². The van der Waals surface area contributed by atoms with E-state index in [0.717, 1.165) is 11.1 Å². The Bertz CT molecular complexity index is 618. The molecule has 0 aliphatic carbocycles. The summed E-state index contributed by atoms with van der Waals surface area (Å²) >= 11 is 0. The summed E-state index contributed by atoms with van der Waals surface area (Å²) in [6.45, 7) is 3.74. The zero-order valence-corrected chi connectivity index (χ0v) is 10.5. The van der Waals surface area contributed by atoms with Crippen molar-refractivity contribution in [3.63, 3.8) is 0 Å². The molecule has 0 saturated carbocycles. The van der Waals surface area contributed by atoms with Gasteiger partial charge in [0.25, 0.3) is 0 Å². The van der Waals surface area contributed by atoms with Crippen molar-refractivity contribution in [3.8, 4) is 0 Å². The molecule has 0 radical (unpaired) electrons. The van der Waals surface area contributed by atoms with Crippen LogP contribution in [0.5, 0.6) is 0 Å². The van der Waals surface area contributed by atoms with Crippen LogP contribution in [-0.4, -0.2) is 5.78 Å². The van der Waals surface area contributed by atoms with E-state index in [1.165, 1.54) is 0 Å². The molecule has 0 aliphatic rings. The number of hydrogen-bond acceptors (Lipinski definition) is 3. The summed E-state index contributed by atoms with van der Waals surface area (Å²) in [6, 6.07) is 10.9. The fourth-order valence-electron chi connectivity index (χ4n) is 1.97. The standard InChI is InChI=1S/C15H16N2O/c1-9-5-3-4-6-11(9)15(18)12-7-8-13(16)14(17)10(12)2/h3-8H,16-17H2,1-2H3. The molecule has 2 aromatic carbocycles. The maximum atomic E-state index is 12.5. The van der Waals surface area contributed by atoms with Gasteiger partial charge in [-0.3, -0.25) is 4.79 Å². The van der Waals surface area contributed by atoms with Crippen molar-refractivity contribution in [3.05, 3.63) is 58.7 Å². The summed E-state index contributed by atoms with van der Waals surface area (Å²) in [4.78, 5) is 12.5. The summed E-state index contributed by atoms with van der Waals surface area (Å²) < 4.78 is 0. The predicted molar refractivity (Wildman–Crippen MR) is 74.6 cm³/mol. The Hall–Kier alpha value is -2.29. The van der Waals surface area contributed by atoms with E-state index in [0.29, 0.717) is 22.5 Å². The van der Waals surface area contributed by atoms with E-state index >= 15 is 0 Å². The fourth-order valence-corrected chi connectivity index (χ4v) is 1.97. The van der Waals surface area contributed by atoms with E-state index in [1.54, 1.807) is 12.1 Å². The number of ketones is 1. The maximum Gasteiger partial charge on any atom is 0.193 e. The van der Waals surface area contributed by atoms with Gasteiger partial charge in [0, 0.05) is 11.1 Å². The molecule has 0 saturated heterocycles. The summed E-state index contributed by atoms with van der Waals surface area (Å²) in [7, 11) is 0. The largest absolute Gasteiger partial charge is 0.397 e. The molecule has 0 unspecified atom stereocenters. The molecule has 0 aromatic heterocycles. The van der Waals surface area contributed by atoms with Crippen molar-refractivity contribution in [1.82, 2.24) is 0 Å². The average molecular weight is 240 g/mol. The zero-order chi connectivity index (χ0) is 13.3. The average Bonchev–Trinajstić information content (AvgIpc) is 2.36. The molecule has 0 bridgehead atoms. The minimum Gasteiger partial charge on any atom is -0.397 e. The second-order valence-corrected chi connectivity index (χ2v) is 4.39. The number of carbonyl (C=O) groups excluding carboxylic acids is 1. The molecule has 0 spiro atoms. The SMILES string of the molecule is Cc1ccccc1C(=O)c1ccc(N)c(N)c1C. The molecule has 3 heteroatoms. The first kappa shape index (κ1) is 12.2. The molecule has 2 aromatic rings. The minimum atomic E-state index is -0.0164. The topological polar surface area (TPSA) is 69.1 Å². The third-order valence-corrected chi connectivity index (χ3v) is 3.18. The molecule has 3 nitrogen and oxygen atoms in total. The number of nitrogen functional groups attached to an aromatic ring is 2. The number of carbonyl (C=O) groups is 1. The second kappa shape index (κ2) is 4.53. The Labute approximate surface area is 106 Å². The van der Waals surface area contributed by atoms with E-state index in [-0.39, 0.29) is 5.78 Å². The lowest BCUT2D eigenvalue weighted by Gasteiger charge is -2.11. The van der Waals surface area contributed by atoms with Crippen molar-refractivity contribution < 1.29 is 4.79 Å². The molecule has 0 amide bonds. The number of aryl methyl sites for hydroxylation is 1. The normalized spacial score (nSPS) is 10.3. The first-order chi connectivity index (χ1) is 8.52. The minimum absolute atomic E-state index is 0.0164. The Morgan fingerprint density at radius 2 is 1.61 bits per heavy atom. The van der Waals surface area contributed by atoms with Gasteiger partial charge in [-0.1, -0.05) is 24.3 Å². The Morgan fingerprint density at radius 1 is 0.944 bits per heavy atom. The molecule has 92 valence electrons. The van der Waals surface area contributed by atoms with Crippen LogP contribution in [0.4, 0.5) is 11.4 Å². The van der Waals surface area contributed by atoms with Gasteiger partial charge in [-0.2, -0.15) is 0 Å². The molecule has 0 fully saturated rings. The molecule has 0 atom stereocenters. The van der Waals surface area contributed by atoms with E-state index in [2.05, 4.69) is 0 Å². The van der Waals surface area contributed by atoms with Crippen LogP contribution >= 0.6 is 0 Å². The van der Waals surface area contributed by atoms with Gasteiger partial charge in [-0.15, -0.1) is 0 Å². The third-order valence-electron chi connectivity index (χ3n) is 3.18. The van der Waals surface area contributed by atoms with Crippen LogP contribution in [0.2, 0.25) is 0 Å². The quantitative estimate of drug-likeness (QED) is 0.626. The zero-order valence-electron chi connectivity index (χ0n) is 10.5. The Morgan fingerprint density at radius 3 is 2.28 bits per heavy atom. The summed E-state index contributed by atoms with van der Waals surface area (Å²) in [5.41, 5.74) is 15.6. The highest BCUT2D eigenvalue weighted by molar-refractivity contribution is 6.11.